The van der Waals surface area contributed by atoms with Crippen LogP contribution >= 0.6 is 22.7 Å². The maximum atomic E-state index is 4.99. The molecule has 0 aromatic carbocycles. The zero-order valence-electron chi connectivity index (χ0n) is 19.9. The molecule has 10 heteroatoms. The number of thiazole rings is 2. The van der Waals surface area contributed by atoms with Crippen LogP contribution in [0, 0.1) is 0 Å². The average molecular weight is 493 g/mol. The molecule has 34 heavy (non-hydrogen) atoms. The third kappa shape index (κ3) is 3.70. The molecule has 0 unspecified atom stereocenters. The van der Waals surface area contributed by atoms with Crippen molar-refractivity contribution in [2.24, 2.45) is 0 Å². The third-order valence-corrected chi connectivity index (χ3v) is 8.72. The molecule has 8 nitrogen and oxygen atoms in total. The van der Waals surface area contributed by atoms with Crippen molar-refractivity contribution in [1.82, 2.24) is 35.5 Å². The number of nitrogens with zero attached hydrogens (tertiary/aromatic N) is 5. The Balaban J connectivity index is 1.32. The molecule has 1 fully saturated rings. The molecule has 0 bridgehead atoms. The fraction of sp³-hybridized carbons (Fsp3) is 0.417. The second-order valence-corrected chi connectivity index (χ2v) is 12.4. The Kier molecular flexibility index (Phi) is 4.84. The second kappa shape index (κ2) is 7.59. The zero-order valence-corrected chi connectivity index (χ0v) is 21.6. The lowest BCUT2D eigenvalue weighted by Crippen LogP contribution is -2.61. The molecule has 0 amide bonds. The van der Waals surface area contributed by atoms with E-state index in [4.69, 9.17) is 15.0 Å². The van der Waals surface area contributed by atoms with Gasteiger partial charge in [0.25, 0.3) is 0 Å². The van der Waals surface area contributed by atoms with E-state index in [0.717, 1.165) is 60.4 Å². The number of pyridine rings is 1. The van der Waals surface area contributed by atoms with Crippen LogP contribution in [0.4, 0.5) is 5.13 Å². The Morgan fingerprint density at radius 2 is 1.79 bits per heavy atom. The first-order chi connectivity index (χ1) is 16.2. The number of anilines is 1. The number of aromatic nitrogens is 6. The van der Waals surface area contributed by atoms with E-state index in [1.54, 1.807) is 22.7 Å². The van der Waals surface area contributed by atoms with Crippen LogP contribution in [-0.4, -0.2) is 54.3 Å². The van der Waals surface area contributed by atoms with Crippen molar-refractivity contribution < 1.29 is 0 Å². The Morgan fingerprint density at radius 1 is 1.03 bits per heavy atom. The lowest BCUT2D eigenvalue weighted by atomic mass is 9.79. The summed E-state index contributed by atoms with van der Waals surface area (Å²) >= 11 is 3.27. The van der Waals surface area contributed by atoms with Gasteiger partial charge in [-0.2, -0.15) is 5.10 Å². The first-order valence-electron chi connectivity index (χ1n) is 11.4. The van der Waals surface area contributed by atoms with Gasteiger partial charge in [-0.05, 0) is 46.6 Å². The molecule has 0 saturated carbocycles. The molecule has 0 radical (unpaired) electrons. The number of H-pyrrole nitrogens is 2. The van der Waals surface area contributed by atoms with E-state index in [0.29, 0.717) is 6.04 Å². The molecule has 0 spiro atoms. The summed E-state index contributed by atoms with van der Waals surface area (Å²) in [6.45, 7) is 9.15. The van der Waals surface area contributed by atoms with Crippen molar-refractivity contribution >= 4 is 48.4 Å². The van der Waals surface area contributed by atoms with Crippen LogP contribution in [0.2, 0.25) is 0 Å². The van der Waals surface area contributed by atoms with Gasteiger partial charge in [0.2, 0.25) is 0 Å². The van der Waals surface area contributed by atoms with Gasteiger partial charge in [-0.1, -0.05) is 22.7 Å². The van der Waals surface area contributed by atoms with E-state index >= 15 is 0 Å². The number of piperidine rings is 1. The maximum absolute atomic E-state index is 4.99. The summed E-state index contributed by atoms with van der Waals surface area (Å²) in [5, 5.41) is 13.8. The number of nitrogens with one attached hydrogen (secondary N) is 3. The number of hydrogen-bond acceptors (Lipinski definition) is 8. The third-order valence-electron chi connectivity index (χ3n) is 6.59. The smallest absolute Gasteiger partial charge is 0.188 e. The van der Waals surface area contributed by atoms with Gasteiger partial charge in [0.15, 0.2) is 14.8 Å². The predicted molar refractivity (Wildman–Crippen MR) is 141 cm³/mol. The maximum Gasteiger partial charge on any atom is 0.188 e. The van der Waals surface area contributed by atoms with Crippen LogP contribution in [0.25, 0.3) is 42.4 Å². The highest BCUT2D eigenvalue weighted by Gasteiger charge is 2.39. The molecule has 6 rings (SSSR count). The van der Waals surface area contributed by atoms with Gasteiger partial charge >= 0.3 is 0 Å². The van der Waals surface area contributed by atoms with E-state index in [1.807, 2.05) is 24.8 Å². The SMILES string of the molecule is CN(c1nc2sc(-c3ncc(-c4cn[nH]c4)c4cc[nH]c34)nc2s1)C1CC(C)(C)NC(C)(C)C1. The van der Waals surface area contributed by atoms with Crippen molar-refractivity contribution in [2.75, 3.05) is 11.9 Å². The molecular weight excluding hydrogens is 464 g/mol. The zero-order chi connectivity index (χ0) is 23.7. The Labute approximate surface area is 205 Å². The molecular formula is C24H28N8S2. The van der Waals surface area contributed by atoms with Gasteiger partial charge < -0.3 is 15.2 Å². The minimum absolute atomic E-state index is 0.0937. The van der Waals surface area contributed by atoms with Crippen LogP contribution < -0.4 is 10.2 Å². The highest BCUT2D eigenvalue weighted by Crippen LogP contribution is 2.40. The number of hydrogen-bond donors (Lipinski definition) is 3. The lowest BCUT2D eigenvalue weighted by Gasteiger charge is -2.48. The predicted octanol–water partition coefficient (Wildman–Crippen LogP) is 5.43. The number of aromatic amines is 2. The molecule has 3 N–H and O–H groups in total. The van der Waals surface area contributed by atoms with E-state index in [9.17, 15) is 0 Å². The number of rotatable bonds is 4. The summed E-state index contributed by atoms with van der Waals surface area (Å²) in [4.78, 5) is 22.3. The Morgan fingerprint density at radius 3 is 2.50 bits per heavy atom. The van der Waals surface area contributed by atoms with Crippen molar-refractivity contribution in [3.05, 3.63) is 30.9 Å². The minimum atomic E-state index is 0.0937. The van der Waals surface area contributed by atoms with E-state index < -0.39 is 0 Å². The van der Waals surface area contributed by atoms with Gasteiger partial charge in [-0.3, -0.25) is 10.1 Å². The van der Waals surface area contributed by atoms with Crippen LogP contribution in [0.5, 0.6) is 0 Å². The Bertz CT molecular complexity index is 1430. The molecule has 1 aliphatic heterocycles. The van der Waals surface area contributed by atoms with Crippen LogP contribution in [-0.2, 0) is 0 Å². The van der Waals surface area contributed by atoms with Gasteiger partial charge in [0.1, 0.15) is 10.7 Å². The van der Waals surface area contributed by atoms with Gasteiger partial charge in [-0.15, -0.1) is 0 Å². The summed E-state index contributed by atoms with van der Waals surface area (Å²) in [5.41, 5.74) is 4.09. The molecule has 0 atom stereocenters. The molecule has 176 valence electrons. The van der Waals surface area contributed by atoms with Gasteiger partial charge in [-0.25, -0.2) is 9.97 Å². The van der Waals surface area contributed by atoms with Crippen LogP contribution in [0.3, 0.4) is 0 Å². The second-order valence-electron chi connectivity index (χ2n) is 10.5. The summed E-state index contributed by atoms with van der Waals surface area (Å²) in [7, 11) is 2.17. The topological polar surface area (TPSA) is 98.4 Å². The molecule has 6 heterocycles. The van der Waals surface area contributed by atoms with Crippen molar-refractivity contribution in [2.45, 2.75) is 57.7 Å². The summed E-state index contributed by atoms with van der Waals surface area (Å²) < 4.78 is 0. The highest BCUT2D eigenvalue weighted by atomic mass is 32.1. The minimum Gasteiger partial charge on any atom is -0.359 e. The summed E-state index contributed by atoms with van der Waals surface area (Å²) in [6, 6.07) is 2.51. The van der Waals surface area contributed by atoms with E-state index in [2.05, 4.69) is 66.2 Å². The first-order valence-corrected chi connectivity index (χ1v) is 13.1. The first kappa shape index (κ1) is 21.7. The van der Waals surface area contributed by atoms with Crippen LogP contribution in [0.15, 0.2) is 30.9 Å². The molecule has 1 saturated heterocycles. The largest absolute Gasteiger partial charge is 0.359 e. The normalized spacial score (nSPS) is 18.1. The summed E-state index contributed by atoms with van der Waals surface area (Å²) in [5.74, 6) is 0. The van der Waals surface area contributed by atoms with Gasteiger partial charge in [0, 0.05) is 59.3 Å². The molecule has 5 aromatic rings. The van der Waals surface area contributed by atoms with Gasteiger partial charge in [0.05, 0.1) is 11.7 Å². The molecule has 0 aliphatic carbocycles. The number of fused-ring (bicyclic) bond motifs is 2. The monoisotopic (exact) mass is 492 g/mol. The molecule has 1 aliphatic rings. The van der Waals surface area contributed by atoms with Crippen LogP contribution in [0.1, 0.15) is 40.5 Å². The highest BCUT2D eigenvalue weighted by molar-refractivity contribution is 7.29. The fourth-order valence-electron chi connectivity index (χ4n) is 5.43. The van der Waals surface area contributed by atoms with E-state index in [1.165, 1.54) is 0 Å². The van der Waals surface area contributed by atoms with Crippen molar-refractivity contribution in [3.63, 3.8) is 0 Å². The van der Waals surface area contributed by atoms with Crippen molar-refractivity contribution in [1.29, 1.82) is 0 Å². The molecule has 5 aromatic heterocycles. The standard InChI is InChI=1S/C24H28N8S2/c1-23(2)8-14(9-24(3,4)31-23)32(5)22-30-21-20(34-22)29-19(33-21)18-17-15(6-7-25-17)16(12-26-18)13-10-27-28-11-13/h6-7,10-12,14,25,31H,8-9H2,1-5H3,(H,27,28). The van der Waals surface area contributed by atoms with E-state index in [-0.39, 0.29) is 11.1 Å². The fourth-order valence-corrected chi connectivity index (χ4v) is 7.50. The van der Waals surface area contributed by atoms with Crippen molar-refractivity contribution in [3.8, 4) is 21.8 Å². The summed E-state index contributed by atoms with van der Waals surface area (Å²) in [6.07, 6.45) is 9.71. The quantitative estimate of drug-likeness (QED) is 0.309. The lowest BCUT2D eigenvalue weighted by molar-refractivity contribution is 0.161. The average Bonchev–Trinajstić information content (AvgIpc) is 3.53. The Hall–Kier alpha value is -2.82.